The number of rotatable bonds is 6. The minimum Gasteiger partial charge on any atom is -0.485 e. The number of carbonyl (C=O) groups excluding carboxylic acids is 2. The molecule has 34 heavy (non-hydrogen) atoms. The number of aromatic nitrogens is 1. The molecule has 0 saturated heterocycles. The average molecular weight is 466 g/mol. The Bertz CT molecular complexity index is 1280. The van der Waals surface area contributed by atoms with E-state index in [9.17, 15) is 14.0 Å². The Morgan fingerprint density at radius 2 is 1.79 bits per heavy atom. The van der Waals surface area contributed by atoms with Crippen LogP contribution in [0.2, 0.25) is 0 Å². The summed E-state index contributed by atoms with van der Waals surface area (Å²) < 4.78 is 40.0. The first-order chi connectivity index (χ1) is 16.4. The highest BCUT2D eigenvalue weighted by molar-refractivity contribution is 6.16. The third kappa shape index (κ3) is 3.76. The maximum Gasteiger partial charge on any atom is 0.247 e. The van der Waals surface area contributed by atoms with E-state index in [-0.39, 0.29) is 22.9 Å². The molecule has 2 aliphatic rings. The Labute approximate surface area is 193 Å². The molecule has 3 N–H and O–H groups in total. The van der Waals surface area contributed by atoms with Crippen molar-refractivity contribution in [2.45, 2.75) is 12.8 Å². The molecule has 3 aromatic rings. The number of anilines is 3. The molecule has 0 radical (unpaired) electrons. The molecule has 174 valence electrons. The summed E-state index contributed by atoms with van der Waals surface area (Å²) in [6.07, 6.45) is 2.10. The zero-order valence-corrected chi connectivity index (χ0v) is 17.9. The molecule has 1 saturated carbocycles. The van der Waals surface area contributed by atoms with Crippen LogP contribution in [0.4, 0.5) is 26.0 Å². The number of hydrogen-bond donors (Lipinski definition) is 2. The van der Waals surface area contributed by atoms with Gasteiger partial charge in [-0.05, 0) is 49.2 Å². The van der Waals surface area contributed by atoms with Crippen molar-refractivity contribution in [3.05, 3.63) is 66.4 Å². The second-order valence-electron chi connectivity index (χ2n) is 8.04. The van der Waals surface area contributed by atoms with E-state index in [0.717, 1.165) is 6.07 Å². The number of halogens is 2. The number of pyridine rings is 1. The molecule has 0 bridgehead atoms. The van der Waals surface area contributed by atoms with E-state index in [1.807, 2.05) is 0 Å². The van der Waals surface area contributed by atoms with Crippen molar-refractivity contribution < 1.29 is 27.8 Å². The zero-order valence-electron chi connectivity index (χ0n) is 17.9. The van der Waals surface area contributed by atoms with Gasteiger partial charge in [0.2, 0.25) is 17.6 Å². The monoisotopic (exact) mass is 466 g/mol. The SMILES string of the molecule is NC(=O)C1(C(=O)N(c2ccc(F)cc2)c2ccc(Oc3ccnc4c3OCCN4)c(F)c2)CC1. The second-order valence-corrected chi connectivity index (χ2v) is 8.04. The maximum absolute atomic E-state index is 15.2. The molecule has 2 aromatic carbocycles. The van der Waals surface area contributed by atoms with Crippen molar-refractivity contribution in [2.24, 2.45) is 11.1 Å². The molecule has 0 spiro atoms. The third-order valence-electron chi connectivity index (χ3n) is 5.82. The molecule has 5 rings (SSSR count). The van der Waals surface area contributed by atoms with Crippen LogP contribution < -0.4 is 25.4 Å². The lowest BCUT2D eigenvalue weighted by atomic mass is 10.0. The lowest BCUT2D eigenvalue weighted by molar-refractivity contribution is -0.133. The Morgan fingerprint density at radius 1 is 1.06 bits per heavy atom. The first-order valence-corrected chi connectivity index (χ1v) is 10.6. The Balaban J connectivity index is 1.50. The zero-order chi connectivity index (χ0) is 23.9. The molecule has 1 aromatic heterocycles. The Hall–Kier alpha value is -4.21. The fraction of sp³-hybridized carbons (Fsp3) is 0.208. The van der Waals surface area contributed by atoms with Gasteiger partial charge >= 0.3 is 0 Å². The molecule has 1 aliphatic carbocycles. The first kappa shape index (κ1) is 21.6. The number of benzene rings is 2. The summed E-state index contributed by atoms with van der Waals surface area (Å²) >= 11 is 0. The largest absolute Gasteiger partial charge is 0.485 e. The van der Waals surface area contributed by atoms with Crippen LogP contribution >= 0.6 is 0 Å². The minimum absolute atomic E-state index is 0.103. The van der Waals surface area contributed by atoms with Gasteiger partial charge in [-0.15, -0.1) is 0 Å². The molecule has 2 heterocycles. The molecular weight excluding hydrogens is 446 g/mol. The summed E-state index contributed by atoms with van der Waals surface area (Å²) in [5, 5.41) is 3.07. The van der Waals surface area contributed by atoms with Gasteiger partial charge in [0.1, 0.15) is 17.8 Å². The van der Waals surface area contributed by atoms with Gasteiger partial charge in [0.15, 0.2) is 23.1 Å². The molecule has 0 unspecified atom stereocenters. The van der Waals surface area contributed by atoms with Crippen LogP contribution in [0.25, 0.3) is 0 Å². The smallest absolute Gasteiger partial charge is 0.247 e. The topological polar surface area (TPSA) is 107 Å². The van der Waals surface area contributed by atoms with Gasteiger partial charge in [-0.3, -0.25) is 14.5 Å². The van der Waals surface area contributed by atoms with Crippen LogP contribution in [0.5, 0.6) is 17.2 Å². The van der Waals surface area contributed by atoms with Gasteiger partial charge < -0.3 is 20.5 Å². The van der Waals surface area contributed by atoms with E-state index < -0.39 is 28.9 Å². The van der Waals surface area contributed by atoms with Crippen molar-refractivity contribution in [3.63, 3.8) is 0 Å². The van der Waals surface area contributed by atoms with Crippen molar-refractivity contribution in [3.8, 4) is 17.2 Å². The third-order valence-corrected chi connectivity index (χ3v) is 5.82. The second kappa shape index (κ2) is 8.29. The van der Waals surface area contributed by atoms with Gasteiger partial charge in [-0.25, -0.2) is 13.8 Å². The maximum atomic E-state index is 15.2. The lowest BCUT2D eigenvalue weighted by Crippen LogP contribution is -2.41. The number of nitrogens with one attached hydrogen (secondary N) is 1. The summed E-state index contributed by atoms with van der Waals surface area (Å²) in [5.41, 5.74) is 4.54. The predicted molar refractivity (Wildman–Crippen MR) is 119 cm³/mol. The van der Waals surface area contributed by atoms with Crippen LogP contribution in [-0.4, -0.2) is 29.9 Å². The number of hydrogen-bond acceptors (Lipinski definition) is 6. The summed E-state index contributed by atoms with van der Waals surface area (Å²) in [4.78, 5) is 30.7. The first-order valence-electron chi connectivity index (χ1n) is 10.6. The van der Waals surface area contributed by atoms with E-state index in [1.54, 1.807) is 6.07 Å². The number of carbonyl (C=O) groups is 2. The molecule has 1 aliphatic heterocycles. The summed E-state index contributed by atoms with van der Waals surface area (Å²) in [7, 11) is 0. The fourth-order valence-electron chi connectivity index (χ4n) is 3.81. The Kier molecular flexibility index (Phi) is 5.27. The van der Waals surface area contributed by atoms with Gasteiger partial charge in [-0.1, -0.05) is 0 Å². The van der Waals surface area contributed by atoms with Crippen LogP contribution in [0.1, 0.15) is 12.8 Å². The van der Waals surface area contributed by atoms with Gasteiger partial charge in [-0.2, -0.15) is 0 Å². The van der Waals surface area contributed by atoms with E-state index in [0.29, 0.717) is 37.6 Å². The normalized spacial score (nSPS) is 15.4. The van der Waals surface area contributed by atoms with Crippen molar-refractivity contribution in [2.75, 3.05) is 23.4 Å². The number of primary amides is 1. The van der Waals surface area contributed by atoms with E-state index in [1.165, 1.54) is 47.5 Å². The van der Waals surface area contributed by atoms with E-state index in [2.05, 4.69) is 10.3 Å². The highest BCUT2D eigenvalue weighted by Crippen LogP contribution is 2.49. The van der Waals surface area contributed by atoms with Crippen molar-refractivity contribution in [1.82, 2.24) is 4.98 Å². The fourth-order valence-corrected chi connectivity index (χ4v) is 3.81. The van der Waals surface area contributed by atoms with Gasteiger partial charge in [0.25, 0.3) is 0 Å². The van der Waals surface area contributed by atoms with Crippen LogP contribution in [0, 0.1) is 17.0 Å². The van der Waals surface area contributed by atoms with E-state index >= 15 is 4.39 Å². The molecule has 0 atom stereocenters. The number of amides is 2. The van der Waals surface area contributed by atoms with Crippen molar-refractivity contribution in [1.29, 1.82) is 0 Å². The number of nitrogens with zero attached hydrogens (tertiary/aromatic N) is 2. The quantitative estimate of drug-likeness (QED) is 0.534. The van der Waals surface area contributed by atoms with Gasteiger partial charge in [0.05, 0.1) is 12.2 Å². The number of ether oxygens (including phenoxy) is 2. The summed E-state index contributed by atoms with van der Waals surface area (Å²) in [6.45, 7) is 0.999. The predicted octanol–water partition coefficient (Wildman–Crippen LogP) is 3.89. The standard InChI is InChI=1S/C24H20F2N4O4/c25-14-1-3-15(4-2-14)30(23(32)24(8-9-24)22(27)31)16-5-6-18(17(26)13-16)34-19-7-10-28-21-20(19)33-12-11-29-21/h1-7,10,13H,8-9,11-12H2,(H2,27,31)(H,28,29). The Morgan fingerprint density at radius 3 is 2.47 bits per heavy atom. The number of fused-ring (bicyclic) bond motifs is 1. The van der Waals surface area contributed by atoms with Crippen LogP contribution in [0.15, 0.2) is 54.7 Å². The molecule has 2 amide bonds. The van der Waals surface area contributed by atoms with Crippen molar-refractivity contribution >= 4 is 29.0 Å². The number of nitrogens with two attached hydrogens (primary N) is 1. The average Bonchev–Trinajstić information content (AvgIpc) is 3.65. The minimum atomic E-state index is -1.36. The van der Waals surface area contributed by atoms with E-state index in [4.69, 9.17) is 15.2 Å². The summed E-state index contributed by atoms with van der Waals surface area (Å²) in [6, 6.07) is 10.6. The highest BCUT2D eigenvalue weighted by Gasteiger charge is 2.57. The molecule has 1 fully saturated rings. The van der Waals surface area contributed by atoms with Crippen LogP contribution in [-0.2, 0) is 9.59 Å². The summed E-state index contributed by atoms with van der Waals surface area (Å²) in [5.74, 6) is -1.55. The lowest BCUT2D eigenvalue weighted by Gasteiger charge is -2.27. The molecule has 8 nitrogen and oxygen atoms in total. The molecule has 10 heteroatoms. The van der Waals surface area contributed by atoms with Gasteiger partial charge in [0, 0.05) is 24.0 Å². The highest BCUT2D eigenvalue weighted by atomic mass is 19.1. The van der Waals surface area contributed by atoms with Crippen LogP contribution in [0.3, 0.4) is 0 Å². The molecular formula is C24H20F2N4O4.